The Morgan fingerprint density at radius 3 is 2.50 bits per heavy atom. The first-order valence-corrected chi connectivity index (χ1v) is 8.99. The first-order chi connectivity index (χ1) is 12.1. The van der Waals surface area contributed by atoms with Gasteiger partial charge in [-0.25, -0.2) is 4.79 Å². The van der Waals surface area contributed by atoms with E-state index in [-0.39, 0.29) is 30.1 Å². The van der Waals surface area contributed by atoms with Gasteiger partial charge in [-0.3, -0.25) is 4.79 Å². The third-order valence-corrected chi connectivity index (χ3v) is 4.45. The van der Waals surface area contributed by atoms with Crippen LogP contribution >= 0.6 is 0 Å². The van der Waals surface area contributed by atoms with Crippen LogP contribution in [0.5, 0.6) is 0 Å². The van der Waals surface area contributed by atoms with Gasteiger partial charge in [0.15, 0.2) is 0 Å². The molecule has 6 heteroatoms. The molecule has 1 saturated heterocycles. The normalized spacial score (nSPS) is 21.3. The Morgan fingerprint density at radius 2 is 1.92 bits per heavy atom. The first-order valence-electron chi connectivity index (χ1n) is 8.99. The Morgan fingerprint density at radius 1 is 1.27 bits per heavy atom. The van der Waals surface area contributed by atoms with E-state index >= 15 is 0 Å². The van der Waals surface area contributed by atoms with Crippen molar-refractivity contribution in [1.29, 1.82) is 0 Å². The number of carbonyl (C=O) groups excluding carboxylic acids is 2. The monoisotopic (exact) mass is 362 g/mol. The molecule has 1 fully saturated rings. The lowest BCUT2D eigenvalue weighted by molar-refractivity contribution is -0.141. The molecular formula is C20H30N2O4. The Kier molecular flexibility index (Phi) is 6.29. The maximum Gasteiger partial charge on any atom is 0.410 e. The Hall–Kier alpha value is -2.08. The van der Waals surface area contributed by atoms with E-state index in [1.54, 1.807) is 4.90 Å². The highest BCUT2D eigenvalue weighted by Gasteiger charge is 2.39. The molecule has 0 spiro atoms. The van der Waals surface area contributed by atoms with Gasteiger partial charge in [0.1, 0.15) is 5.60 Å². The fourth-order valence-electron chi connectivity index (χ4n) is 3.17. The second-order valence-corrected chi connectivity index (χ2v) is 8.10. The zero-order valence-corrected chi connectivity index (χ0v) is 16.4. The van der Waals surface area contributed by atoms with Gasteiger partial charge in [-0.15, -0.1) is 0 Å². The molecule has 1 amide bonds. The van der Waals surface area contributed by atoms with Gasteiger partial charge in [0.2, 0.25) is 0 Å². The number of hydrogen-bond donors (Lipinski definition) is 1. The van der Waals surface area contributed by atoms with Crippen LogP contribution in [0.1, 0.15) is 52.1 Å². The van der Waals surface area contributed by atoms with Gasteiger partial charge < -0.3 is 19.7 Å². The van der Waals surface area contributed by atoms with Crippen LogP contribution < -0.4 is 5.32 Å². The van der Waals surface area contributed by atoms with Crippen molar-refractivity contribution in [2.24, 2.45) is 0 Å². The quantitative estimate of drug-likeness (QED) is 0.814. The topological polar surface area (TPSA) is 67.9 Å². The molecule has 1 aliphatic heterocycles. The molecule has 0 bridgehead atoms. The highest BCUT2D eigenvalue weighted by atomic mass is 16.6. The number of nitrogens with one attached hydrogen (secondary N) is 1. The van der Waals surface area contributed by atoms with Crippen LogP contribution in [0, 0.1) is 0 Å². The molecule has 1 aromatic carbocycles. The summed E-state index contributed by atoms with van der Waals surface area (Å²) in [6.45, 7) is 8.82. The molecule has 144 valence electrons. The molecule has 0 saturated carbocycles. The largest absolute Gasteiger partial charge is 0.469 e. The minimum Gasteiger partial charge on any atom is -0.469 e. The number of esters is 1. The summed E-state index contributed by atoms with van der Waals surface area (Å²) in [4.78, 5) is 25.9. The second-order valence-electron chi connectivity index (χ2n) is 8.10. The minimum atomic E-state index is -0.513. The van der Waals surface area contributed by atoms with Crippen LogP contribution in [-0.2, 0) is 14.3 Å². The van der Waals surface area contributed by atoms with E-state index in [0.717, 1.165) is 12.0 Å². The summed E-state index contributed by atoms with van der Waals surface area (Å²) in [5, 5.41) is 3.57. The standard InChI is InChI=1S/C20H30N2O4/c1-19(2,3)26-18(24)22-12-11-20(4,14-22)21-16(13-17(23)25-5)15-9-7-6-8-10-15/h6-10,16,21H,11-14H2,1-5H3. The summed E-state index contributed by atoms with van der Waals surface area (Å²) in [5.74, 6) is -0.267. The van der Waals surface area contributed by atoms with Crippen LogP contribution in [0.25, 0.3) is 0 Å². The summed E-state index contributed by atoms with van der Waals surface area (Å²) in [6.07, 6.45) is 0.728. The maximum atomic E-state index is 12.3. The SMILES string of the molecule is COC(=O)CC(NC1(C)CCN(C(=O)OC(C)(C)C)C1)c1ccccc1. The number of ether oxygens (including phenoxy) is 2. The van der Waals surface area contributed by atoms with E-state index in [9.17, 15) is 9.59 Å². The predicted molar refractivity (Wildman–Crippen MR) is 99.8 cm³/mol. The predicted octanol–water partition coefficient (Wildman–Crippen LogP) is 3.28. The van der Waals surface area contributed by atoms with Crippen molar-refractivity contribution in [2.75, 3.05) is 20.2 Å². The summed E-state index contributed by atoms with van der Waals surface area (Å²) in [5.41, 5.74) is 0.210. The van der Waals surface area contributed by atoms with Gasteiger partial charge in [0, 0.05) is 24.7 Å². The Labute approximate surface area is 155 Å². The van der Waals surface area contributed by atoms with E-state index in [1.165, 1.54) is 7.11 Å². The van der Waals surface area contributed by atoms with Crippen molar-refractivity contribution in [2.45, 2.75) is 57.7 Å². The molecular weight excluding hydrogens is 332 g/mol. The van der Waals surface area contributed by atoms with Crippen LogP contribution in [0.2, 0.25) is 0 Å². The zero-order chi connectivity index (χ0) is 19.4. The molecule has 1 N–H and O–H groups in total. The number of methoxy groups -OCH3 is 1. The lowest BCUT2D eigenvalue weighted by Gasteiger charge is -2.32. The van der Waals surface area contributed by atoms with E-state index in [1.807, 2.05) is 51.1 Å². The number of likely N-dealkylation sites (tertiary alicyclic amines) is 1. The smallest absolute Gasteiger partial charge is 0.410 e. The Bertz CT molecular complexity index is 626. The lowest BCUT2D eigenvalue weighted by Crippen LogP contribution is -2.48. The molecule has 0 aromatic heterocycles. The fraction of sp³-hybridized carbons (Fsp3) is 0.600. The average Bonchev–Trinajstić information content (AvgIpc) is 2.96. The highest BCUT2D eigenvalue weighted by molar-refractivity contribution is 5.70. The Balaban J connectivity index is 2.08. The summed E-state index contributed by atoms with van der Waals surface area (Å²) in [6, 6.07) is 9.65. The molecule has 6 nitrogen and oxygen atoms in total. The molecule has 26 heavy (non-hydrogen) atoms. The lowest BCUT2D eigenvalue weighted by atomic mass is 9.95. The van der Waals surface area contributed by atoms with Crippen LogP contribution in [0.4, 0.5) is 4.79 Å². The zero-order valence-electron chi connectivity index (χ0n) is 16.4. The third kappa shape index (κ3) is 5.73. The highest BCUT2D eigenvalue weighted by Crippen LogP contribution is 2.28. The van der Waals surface area contributed by atoms with Gasteiger partial charge in [-0.1, -0.05) is 30.3 Å². The first kappa shape index (κ1) is 20.2. The van der Waals surface area contributed by atoms with E-state index in [0.29, 0.717) is 13.1 Å². The molecule has 1 heterocycles. The van der Waals surface area contributed by atoms with E-state index in [2.05, 4.69) is 12.2 Å². The number of nitrogens with zero attached hydrogens (tertiary/aromatic N) is 1. The third-order valence-electron chi connectivity index (χ3n) is 4.45. The van der Waals surface area contributed by atoms with E-state index in [4.69, 9.17) is 9.47 Å². The summed E-state index contributed by atoms with van der Waals surface area (Å²) >= 11 is 0. The van der Waals surface area contributed by atoms with Crippen molar-refractivity contribution < 1.29 is 19.1 Å². The molecule has 2 rings (SSSR count). The molecule has 2 atom stereocenters. The second kappa shape index (κ2) is 8.08. The summed E-state index contributed by atoms with van der Waals surface area (Å²) < 4.78 is 10.3. The van der Waals surface area contributed by atoms with Crippen molar-refractivity contribution in [3.63, 3.8) is 0 Å². The van der Waals surface area contributed by atoms with Gasteiger partial charge in [-0.05, 0) is 39.7 Å². The number of carbonyl (C=O) groups is 2. The van der Waals surface area contributed by atoms with Crippen molar-refractivity contribution >= 4 is 12.1 Å². The fourth-order valence-corrected chi connectivity index (χ4v) is 3.17. The number of benzene rings is 1. The van der Waals surface area contributed by atoms with Gasteiger partial charge in [-0.2, -0.15) is 0 Å². The van der Waals surface area contributed by atoms with Gasteiger partial charge in [0.05, 0.1) is 13.5 Å². The molecule has 2 unspecified atom stereocenters. The maximum absolute atomic E-state index is 12.3. The van der Waals surface area contributed by atoms with Gasteiger partial charge >= 0.3 is 12.1 Å². The molecule has 1 aliphatic rings. The van der Waals surface area contributed by atoms with Crippen LogP contribution in [0.3, 0.4) is 0 Å². The number of rotatable bonds is 5. The number of hydrogen-bond acceptors (Lipinski definition) is 5. The van der Waals surface area contributed by atoms with E-state index < -0.39 is 5.60 Å². The molecule has 0 aliphatic carbocycles. The van der Waals surface area contributed by atoms with Crippen molar-refractivity contribution in [1.82, 2.24) is 10.2 Å². The number of amides is 1. The molecule has 1 aromatic rings. The molecule has 0 radical (unpaired) electrons. The average molecular weight is 362 g/mol. The van der Waals surface area contributed by atoms with Gasteiger partial charge in [0.25, 0.3) is 0 Å². The van der Waals surface area contributed by atoms with Crippen LogP contribution in [0.15, 0.2) is 30.3 Å². The summed E-state index contributed by atoms with van der Waals surface area (Å²) in [7, 11) is 1.39. The van der Waals surface area contributed by atoms with Crippen LogP contribution in [-0.4, -0.2) is 48.3 Å². The van der Waals surface area contributed by atoms with Crippen molar-refractivity contribution in [3.05, 3.63) is 35.9 Å². The minimum absolute atomic E-state index is 0.174. The van der Waals surface area contributed by atoms with Crippen molar-refractivity contribution in [3.8, 4) is 0 Å².